The highest BCUT2D eigenvalue weighted by atomic mass is 79.9. The molecule has 3 aromatic rings. The summed E-state index contributed by atoms with van der Waals surface area (Å²) in [7, 11) is 0. The Labute approximate surface area is 151 Å². The summed E-state index contributed by atoms with van der Waals surface area (Å²) in [6.45, 7) is 0.720. The first-order chi connectivity index (χ1) is 11.7. The van der Waals surface area contributed by atoms with Gasteiger partial charge in [0.15, 0.2) is 0 Å². The van der Waals surface area contributed by atoms with Gasteiger partial charge in [-0.3, -0.25) is 4.79 Å². The van der Waals surface area contributed by atoms with Crippen LogP contribution in [0.5, 0.6) is 0 Å². The first-order valence-electron chi connectivity index (χ1n) is 7.66. The SMILES string of the molecule is O=C(c1cccs1)N1CCCC1c1nc(-c2ccc(Br)cc2)no1. The summed E-state index contributed by atoms with van der Waals surface area (Å²) in [6, 6.07) is 11.3. The summed E-state index contributed by atoms with van der Waals surface area (Å²) in [4.78, 5) is 19.8. The van der Waals surface area contributed by atoms with Crippen LogP contribution in [0.3, 0.4) is 0 Å². The van der Waals surface area contributed by atoms with Gasteiger partial charge in [-0.05, 0) is 48.6 Å². The van der Waals surface area contributed by atoms with Crippen LogP contribution in [0.2, 0.25) is 0 Å². The number of likely N-dealkylation sites (tertiary alicyclic amines) is 1. The van der Waals surface area contributed by atoms with Crippen molar-refractivity contribution in [1.29, 1.82) is 0 Å². The van der Waals surface area contributed by atoms with Crippen LogP contribution in [-0.2, 0) is 0 Å². The van der Waals surface area contributed by atoms with Gasteiger partial charge in [0.1, 0.15) is 6.04 Å². The van der Waals surface area contributed by atoms with Crippen LogP contribution in [0, 0.1) is 0 Å². The number of aromatic nitrogens is 2. The summed E-state index contributed by atoms with van der Waals surface area (Å²) in [5.74, 6) is 1.10. The average molecular weight is 404 g/mol. The Hall–Kier alpha value is -1.99. The quantitative estimate of drug-likeness (QED) is 0.643. The molecule has 122 valence electrons. The Balaban J connectivity index is 1.59. The molecule has 1 aromatic carbocycles. The lowest BCUT2D eigenvalue weighted by Gasteiger charge is -2.20. The van der Waals surface area contributed by atoms with Crippen LogP contribution in [0.4, 0.5) is 0 Å². The van der Waals surface area contributed by atoms with Gasteiger partial charge in [0.25, 0.3) is 5.91 Å². The van der Waals surface area contributed by atoms with E-state index >= 15 is 0 Å². The first kappa shape index (κ1) is 15.5. The second-order valence-electron chi connectivity index (χ2n) is 5.60. The zero-order valence-corrected chi connectivity index (χ0v) is 15.1. The van der Waals surface area contributed by atoms with Crippen molar-refractivity contribution >= 4 is 33.2 Å². The van der Waals surface area contributed by atoms with Crippen molar-refractivity contribution in [3.8, 4) is 11.4 Å². The summed E-state index contributed by atoms with van der Waals surface area (Å²) < 4.78 is 6.47. The molecule has 7 heteroatoms. The van der Waals surface area contributed by atoms with Crippen molar-refractivity contribution in [1.82, 2.24) is 15.0 Å². The molecule has 0 saturated carbocycles. The average Bonchev–Trinajstić information content (AvgIpc) is 3.34. The molecular weight excluding hydrogens is 390 g/mol. The summed E-state index contributed by atoms with van der Waals surface area (Å²) in [6.07, 6.45) is 1.79. The number of carbonyl (C=O) groups is 1. The number of hydrogen-bond donors (Lipinski definition) is 0. The standard InChI is InChI=1S/C17H14BrN3O2S/c18-12-7-5-11(6-8-12)15-19-16(23-20-15)13-3-1-9-21(13)17(22)14-4-2-10-24-14/h2,4-8,10,13H,1,3,9H2. The number of thiophene rings is 1. The molecule has 1 atom stereocenters. The Morgan fingerprint density at radius 1 is 1.29 bits per heavy atom. The predicted molar refractivity (Wildman–Crippen MR) is 94.8 cm³/mol. The van der Waals surface area contributed by atoms with Crippen LogP contribution in [0.1, 0.15) is 34.4 Å². The maximum atomic E-state index is 12.6. The Morgan fingerprint density at radius 2 is 2.12 bits per heavy atom. The molecule has 1 aliphatic rings. The van der Waals surface area contributed by atoms with Gasteiger partial charge in [-0.2, -0.15) is 4.98 Å². The van der Waals surface area contributed by atoms with Crippen molar-refractivity contribution in [3.05, 3.63) is 57.0 Å². The lowest BCUT2D eigenvalue weighted by molar-refractivity contribution is 0.0715. The van der Waals surface area contributed by atoms with Gasteiger partial charge >= 0.3 is 0 Å². The number of nitrogens with zero attached hydrogens (tertiary/aromatic N) is 3. The van der Waals surface area contributed by atoms with E-state index in [-0.39, 0.29) is 11.9 Å². The summed E-state index contributed by atoms with van der Waals surface area (Å²) in [5.41, 5.74) is 0.891. The summed E-state index contributed by atoms with van der Waals surface area (Å²) in [5, 5.41) is 5.99. The van der Waals surface area contributed by atoms with E-state index in [2.05, 4.69) is 26.1 Å². The fourth-order valence-corrected chi connectivity index (χ4v) is 3.84. The molecule has 0 N–H and O–H groups in total. The monoisotopic (exact) mass is 403 g/mol. The van der Waals surface area contributed by atoms with E-state index < -0.39 is 0 Å². The molecule has 1 saturated heterocycles. The minimum absolute atomic E-state index is 0.0379. The van der Waals surface area contributed by atoms with E-state index in [0.717, 1.165) is 34.3 Å². The number of halogens is 1. The molecule has 0 radical (unpaired) electrons. The number of rotatable bonds is 3. The molecule has 4 rings (SSSR count). The van der Waals surface area contributed by atoms with Crippen molar-refractivity contribution in [3.63, 3.8) is 0 Å². The highest BCUT2D eigenvalue weighted by Crippen LogP contribution is 2.33. The minimum Gasteiger partial charge on any atom is -0.337 e. The van der Waals surface area contributed by atoms with Crippen molar-refractivity contribution in [2.45, 2.75) is 18.9 Å². The molecule has 0 aliphatic carbocycles. The molecular formula is C17H14BrN3O2S. The number of hydrogen-bond acceptors (Lipinski definition) is 5. The third kappa shape index (κ3) is 2.89. The van der Waals surface area contributed by atoms with Crippen LogP contribution in [0.15, 0.2) is 50.8 Å². The maximum Gasteiger partial charge on any atom is 0.264 e. The van der Waals surface area contributed by atoms with E-state index in [1.807, 2.05) is 46.7 Å². The molecule has 5 nitrogen and oxygen atoms in total. The largest absolute Gasteiger partial charge is 0.337 e. The number of benzene rings is 1. The van der Waals surface area contributed by atoms with Crippen molar-refractivity contribution in [2.75, 3.05) is 6.54 Å². The van der Waals surface area contributed by atoms with E-state index in [9.17, 15) is 4.79 Å². The normalized spacial score (nSPS) is 17.4. The highest BCUT2D eigenvalue weighted by Gasteiger charge is 2.34. The van der Waals surface area contributed by atoms with Gasteiger partial charge in [-0.25, -0.2) is 0 Å². The predicted octanol–water partition coefficient (Wildman–Crippen LogP) is 4.54. The Bertz CT molecular complexity index is 845. The van der Waals surface area contributed by atoms with Gasteiger partial charge in [0.2, 0.25) is 11.7 Å². The highest BCUT2D eigenvalue weighted by molar-refractivity contribution is 9.10. The molecule has 0 bridgehead atoms. The summed E-state index contributed by atoms with van der Waals surface area (Å²) >= 11 is 4.87. The second kappa shape index (κ2) is 6.49. The van der Waals surface area contributed by atoms with Crippen LogP contribution in [-0.4, -0.2) is 27.5 Å². The van der Waals surface area contributed by atoms with Gasteiger partial charge in [0.05, 0.1) is 4.88 Å². The third-order valence-corrected chi connectivity index (χ3v) is 5.46. The second-order valence-corrected chi connectivity index (χ2v) is 7.46. The minimum atomic E-state index is -0.142. The van der Waals surface area contributed by atoms with Crippen LogP contribution >= 0.6 is 27.3 Å². The van der Waals surface area contributed by atoms with Crippen LogP contribution < -0.4 is 0 Å². The molecule has 1 aliphatic heterocycles. The fourth-order valence-electron chi connectivity index (χ4n) is 2.90. The zero-order chi connectivity index (χ0) is 16.5. The lowest BCUT2D eigenvalue weighted by atomic mass is 10.2. The van der Waals surface area contributed by atoms with Gasteiger partial charge in [-0.15, -0.1) is 11.3 Å². The maximum absolute atomic E-state index is 12.6. The van der Waals surface area contributed by atoms with Crippen molar-refractivity contribution < 1.29 is 9.32 Å². The molecule has 3 heterocycles. The number of amides is 1. The molecule has 0 spiro atoms. The smallest absolute Gasteiger partial charge is 0.264 e. The van der Waals surface area contributed by atoms with Gasteiger partial charge < -0.3 is 9.42 Å². The third-order valence-electron chi connectivity index (χ3n) is 4.07. The van der Waals surface area contributed by atoms with E-state index in [4.69, 9.17) is 4.52 Å². The molecule has 1 unspecified atom stereocenters. The molecule has 1 fully saturated rings. The van der Waals surface area contributed by atoms with Crippen molar-refractivity contribution in [2.24, 2.45) is 0 Å². The topological polar surface area (TPSA) is 59.2 Å². The lowest BCUT2D eigenvalue weighted by Crippen LogP contribution is -2.30. The number of carbonyl (C=O) groups excluding carboxylic acids is 1. The Morgan fingerprint density at radius 3 is 2.88 bits per heavy atom. The molecule has 2 aromatic heterocycles. The van der Waals surface area contributed by atoms with Crippen LogP contribution in [0.25, 0.3) is 11.4 Å². The van der Waals surface area contributed by atoms with E-state index in [0.29, 0.717) is 11.7 Å². The molecule has 24 heavy (non-hydrogen) atoms. The molecule has 1 amide bonds. The zero-order valence-electron chi connectivity index (χ0n) is 12.7. The van der Waals surface area contributed by atoms with Gasteiger partial charge in [-0.1, -0.05) is 27.2 Å². The Kier molecular flexibility index (Phi) is 4.20. The first-order valence-corrected chi connectivity index (χ1v) is 9.33. The van der Waals surface area contributed by atoms with Gasteiger partial charge in [0, 0.05) is 16.6 Å². The fraction of sp³-hybridized carbons (Fsp3) is 0.235. The van der Waals surface area contributed by atoms with E-state index in [1.54, 1.807) is 0 Å². The van der Waals surface area contributed by atoms with E-state index in [1.165, 1.54) is 11.3 Å².